The number of ether oxygens (including phenoxy) is 1. The molecule has 0 saturated carbocycles. The largest absolute Gasteiger partial charge is 0.466 e. The number of piperidine rings is 1. The van der Waals surface area contributed by atoms with E-state index < -0.39 is 23.1 Å². The molecule has 0 N–H and O–H groups in total. The van der Waals surface area contributed by atoms with E-state index in [4.69, 9.17) is 4.74 Å². The molecule has 1 aromatic heterocycles. The van der Waals surface area contributed by atoms with Crippen LogP contribution in [0.15, 0.2) is 64.2 Å². The van der Waals surface area contributed by atoms with Crippen molar-refractivity contribution in [2.45, 2.75) is 33.2 Å². The molecular weight excluding hydrogens is 448 g/mol. The number of amides is 1. The standard InChI is InChI=1S/C26H28N4O5/c1-3-35-25(33)20-8-7-15-28(17-20)23(31)22-24(32)29(16-19-13-11-18(2)12-14-19)26(34)30(27-22)21-9-5-4-6-10-21/h4-6,9-14,20H,3,7-8,15-17H2,1-2H3/t20-/m0/s1. The minimum Gasteiger partial charge on any atom is -0.466 e. The van der Waals surface area contributed by atoms with E-state index in [2.05, 4.69) is 5.10 Å². The second kappa shape index (κ2) is 10.5. The van der Waals surface area contributed by atoms with Crippen molar-refractivity contribution in [2.75, 3.05) is 19.7 Å². The molecule has 2 aromatic carbocycles. The van der Waals surface area contributed by atoms with E-state index >= 15 is 0 Å². The van der Waals surface area contributed by atoms with Gasteiger partial charge in [-0.3, -0.25) is 19.0 Å². The summed E-state index contributed by atoms with van der Waals surface area (Å²) in [5, 5.41) is 4.20. The molecule has 2 heterocycles. The number of carbonyl (C=O) groups excluding carboxylic acids is 2. The summed E-state index contributed by atoms with van der Waals surface area (Å²) in [7, 11) is 0. The van der Waals surface area contributed by atoms with Gasteiger partial charge in [0.15, 0.2) is 0 Å². The first-order valence-electron chi connectivity index (χ1n) is 11.7. The van der Waals surface area contributed by atoms with Gasteiger partial charge in [-0.1, -0.05) is 48.0 Å². The van der Waals surface area contributed by atoms with Crippen molar-refractivity contribution in [3.8, 4) is 5.69 Å². The van der Waals surface area contributed by atoms with Gasteiger partial charge in [0.25, 0.3) is 11.5 Å². The number of nitrogens with zero attached hydrogens (tertiary/aromatic N) is 4. The summed E-state index contributed by atoms with van der Waals surface area (Å²) in [5.74, 6) is -1.42. The Balaban J connectivity index is 1.76. The van der Waals surface area contributed by atoms with Crippen molar-refractivity contribution in [2.24, 2.45) is 5.92 Å². The number of hydrogen-bond donors (Lipinski definition) is 0. The van der Waals surface area contributed by atoms with Crippen molar-refractivity contribution in [3.63, 3.8) is 0 Å². The smallest absolute Gasteiger partial charge is 0.352 e. The summed E-state index contributed by atoms with van der Waals surface area (Å²) >= 11 is 0. The van der Waals surface area contributed by atoms with Gasteiger partial charge in [0.05, 0.1) is 24.8 Å². The zero-order valence-electron chi connectivity index (χ0n) is 19.8. The summed E-state index contributed by atoms with van der Waals surface area (Å²) in [6.07, 6.45) is 1.21. The molecule has 1 aliphatic rings. The van der Waals surface area contributed by atoms with E-state index in [0.717, 1.165) is 20.4 Å². The maximum absolute atomic E-state index is 13.5. The van der Waals surface area contributed by atoms with Gasteiger partial charge in [-0.05, 0) is 44.4 Å². The zero-order chi connectivity index (χ0) is 24.9. The molecule has 3 aromatic rings. The van der Waals surface area contributed by atoms with Gasteiger partial charge in [0.1, 0.15) is 0 Å². The van der Waals surface area contributed by atoms with E-state index in [9.17, 15) is 19.2 Å². The van der Waals surface area contributed by atoms with Crippen molar-refractivity contribution in [3.05, 3.63) is 92.3 Å². The Morgan fingerprint density at radius 2 is 1.77 bits per heavy atom. The van der Waals surface area contributed by atoms with E-state index in [1.165, 1.54) is 4.90 Å². The van der Waals surface area contributed by atoms with Crippen LogP contribution in [0.2, 0.25) is 0 Å². The lowest BCUT2D eigenvalue weighted by Gasteiger charge is -2.31. The van der Waals surface area contributed by atoms with Gasteiger partial charge < -0.3 is 9.64 Å². The predicted molar refractivity (Wildman–Crippen MR) is 130 cm³/mol. The number of carbonyl (C=O) groups is 2. The highest BCUT2D eigenvalue weighted by Gasteiger charge is 2.32. The monoisotopic (exact) mass is 476 g/mol. The maximum atomic E-state index is 13.5. The average molecular weight is 477 g/mol. The van der Waals surface area contributed by atoms with Gasteiger partial charge in [0.2, 0.25) is 5.69 Å². The van der Waals surface area contributed by atoms with E-state index in [1.54, 1.807) is 37.3 Å². The van der Waals surface area contributed by atoms with Crippen LogP contribution in [-0.4, -0.2) is 50.8 Å². The normalized spacial score (nSPS) is 15.6. The van der Waals surface area contributed by atoms with Crippen LogP contribution in [0, 0.1) is 12.8 Å². The third-order valence-electron chi connectivity index (χ3n) is 6.05. The molecule has 0 bridgehead atoms. The molecule has 9 heteroatoms. The lowest BCUT2D eigenvalue weighted by Crippen LogP contribution is -2.49. The van der Waals surface area contributed by atoms with Gasteiger partial charge >= 0.3 is 11.7 Å². The van der Waals surface area contributed by atoms with Crippen LogP contribution in [0.1, 0.15) is 41.4 Å². The third-order valence-corrected chi connectivity index (χ3v) is 6.05. The molecule has 1 atom stereocenters. The highest BCUT2D eigenvalue weighted by molar-refractivity contribution is 5.92. The van der Waals surface area contributed by atoms with E-state index in [-0.39, 0.29) is 31.4 Å². The third kappa shape index (κ3) is 5.24. The highest BCUT2D eigenvalue weighted by atomic mass is 16.5. The van der Waals surface area contributed by atoms with Crippen molar-refractivity contribution in [1.82, 2.24) is 19.2 Å². The SMILES string of the molecule is CCOC(=O)[C@H]1CCCN(C(=O)c2nn(-c3ccccc3)c(=O)n(Cc3ccc(C)cc3)c2=O)C1. The van der Waals surface area contributed by atoms with Crippen LogP contribution in [0.5, 0.6) is 0 Å². The summed E-state index contributed by atoms with van der Waals surface area (Å²) < 4.78 is 7.23. The van der Waals surface area contributed by atoms with Crippen LogP contribution in [0.3, 0.4) is 0 Å². The zero-order valence-corrected chi connectivity index (χ0v) is 19.8. The number of likely N-dealkylation sites (tertiary alicyclic amines) is 1. The van der Waals surface area contributed by atoms with E-state index in [1.807, 2.05) is 31.2 Å². The van der Waals surface area contributed by atoms with Crippen LogP contribution in [-0.2, 0) is 16.1 Å². The first-order chi connectivity index (χ1) is 16.9. The number of aromatic nitrogens is 3. The van der Waals surface area contributed by atoms with Gasteiger partial charge in [0, 0.05) is 13.1 Å². The van der Waals surface area contributed by atoms with E-state index in [0.29, 0.717) is 25.1 Å². The molecule has 0 radical (unpaired) electrons. The first kappa shape index (κ1) is 24.1. The number of aryl methyl sites for hydroxylation is 1. The number of hydrogen-bond acceptors (Lipinski definition) is 6. The Labute approximate surface area is 202 Å². The van der Waals surface area contributed by atoms with Crippen LogP contribution >= 0.6 is 0 Å². The predicted octanol–water partition coefficient (Wildman–Crippen LogP) is 2.17. The molecule has 9 nitrogen and oxygen atoms in total. The minimum absolute atomic E-state index is 0.000961. The molecule has 0 aliphatic carbocycles. The minimum atomic E-state index is -0.758. The van der Waals surface area contributed by atoms with Crippen molar-refractivity contribution in [1.29, 1.82) is 0 Å². The Morgan fingerprint density at radius 3 is 2.46 bits per heavy atom. The summed E-state index contributed by atoms with van der Waals surface area (Å²) in [6.45, 7) is 4.47. The van der Waals surface area contributed by atoms with Crippen molar-refractivity contribution >= 4 is 11.9 Å². The molecule has 182 valence electrons. The quantitative estimate of drug-likeness (QED) is 0.505. The highest BCUT2D eigenvalue weighted by Crippen LogP contribution is 2.19. The maximum Gasteiger partial charge on any atom is 0.352 e. The molecule has 4 rings (SSSR count). The molecule has 1 fully saturated rings. The number of esters is 1. The molecular formula is C26H28N4O5. The molecule has 1 saturated heterocycles. The summed E-state index contributed by atoms with van der Waals surface area (Å²) in [5.41, 5.74) is 0.485. The Morgan fingerprint density at radius 1 is 1.06 bits per heavy atom. The number of rotatable bonds is 6. The topological polar surface area (TPSA) is 104 Å². The second-order valence-electron chi connectivity index (χ2n) is 8.60. The van der Waals surface area contributed by atoms with Crippen molar-refractivity contribution < 1.29 is 14.3 Å². The number of benzene rings is 2. The van der Waals surface area contributed by atoms with Gasteiger partial charge in [-0.25, -0.2) is 4.79 Å². The fourth-order valence-corrected chi connectivity index (χ4v) is 4.17. The molecule has 35 heavy (non-hydrogen) atoms. The molecule has 0 unspecified atom stereocenters. The average Bonchev–Trinajstić information content (AvgIpc) is 2.88. The second-order valence-corrected chi connectivity index (χ2v) is 8.60. The molecule has 0 spiro atoms. The van der Waals surface area contributed by atoms with Gasteiger partial charge in [-0.2, -0.15) is 9.78 Å². The first-order valence-corrected chi connectivity index (χ1v) is 11.7. The van der Waals surface area contributed by atoms with Crippen LogP contribution < -0.4 is 11.2 Å². The molecule has 1 amide bonds. The summed E-state index contributed by atoms with van der Waals surface area (Å²) in [6, 6.07) is 16.1. The number of para-hydroxylation sites is 1. The Hall–Kier alpha value is -4.01. The Kier molecular flexibility index (Phi) is 7.24. The Bertz CT molecular complexity index is 1330. The van der Waals surface area contributed by atoms with Crippen LogP contribution in [0.25, 0.3) is 5.69 Å². The van der Waals surface area contributed by atoms with Crippen LogP contribution in [0.4, 0.5) is 0 Å². The van der Waals surface area contributed by atoms with Gasteiger partial charge in [-0.15, -0.1) is 0 Å². The lowest BCUT2D eigenvalue weighted by atomic mass is 9.98. The fraction of sp³-hybridized carbons (Fsp3) is 0.346. The summed E-state index contributed by atoms with van der Waals surface area (Å²) in [4.78, 5) is 53.9. The molecule has 1 aliphatic heterocycles. The fourth-order valence-electron chi connectivity index (χ4n) is 4.17. The lowest BCUT2D eigenvalue weighted by molar-refractivity contribution is -0.149.